The number of nitrogens with zero attached hydrogens (tertiary/aromatic N) is 2. The molecular weight excluding hydrogens is 317 g/mol. The first-order valence-corrected chi connectivity index (χ1v) is 8.10. The first kappa shape index (κ1) is 15.3. The summed E-state index contributed by atoms with van der Waals surface area (Å²) in [7, 11) is 0. The third-order valence-corrected chi connectivity index (χ3v) is 4.30. The fourth-order valence-corrected chi connectivity index (χ4v) is 3.10. The molecule has 5 heteroatoms. The maximum absolute atomic E-state index is 13.8. The summed E-state index contributed by atoms with van der Waals surface area (Å²) in [6.07, 6.45) is 2.57. The zero-order valence-corrected chi connectivity index (χ0v) is 13.4. The molecule has 0 fully saturated rings. The maximum atomic E-state index is 13.8. The number of carbonyl (C=O) groups excluding carboxylic acids is 1. The Labute approximate surface area is 144 Å². The molecule has 1 N–H and O–H groups in total. The Bertz CT molecular complexity index is 941. The number of fused-ring (bicyclic) bond motifs is 1. The van der Waals surface area contributed by atoms with Crippen LogP contribution in [-0.4, -0.2) is 17.4 Å². The Morgan fingerprint density at radius 2 is 1.84 bits per heavy atom. The van der Waals surface area contributed by atoms with Crippen molar-refractivity contribution in [2.75, 3.05) is 16.8 Å². The van der Waals surface area contributed by atoms with Crippen LogP contribution in [0.5, 0.6) is 0 Å². The second-order valence-electron chi connectivity index (χ2n) is 5.84. The number of carbonyl (C=O) groups is 1. The van der Waals surface area contributed by atoms with Crippen LogP contribution in [0.1, 0.15) is 15.9 Å². The lowest BCUT2D eigenvalue weighted by atomic mass is 10.1. The van der Waals surface area contributed by atoms with Crippen LogP contribution in [0.4, 0.5) is 21.6 Å². The van der Waals surface area contributed by atoms with E-state index >= 15 is 0 Å². The van der Waals surface area contributed by atoms with E-state index in [-0.39, 0.29) is 11.6 Å². The van der Waals surface area contributed by atoms with E-state index in [4.69, 9.17) is 0 Å². The van der Waals surface area contributed by atoms with Crippen molar-refractivity contribution in [2.45, 2.75) is 6.42 Å². The highest BCUT2D eigenvalue weighted by Crippen LogP contribution is 2.35. The van der Waals surface area contributed by atoms with E-state index in [0.717, 1.165) is 18.7 Å². The molecule has 4 nitrogen and oxygen atoms in total. The molecule has 0 atom stereocenters. The summed E-state index contributed by atoms with van der Waals surface area (Å²) < 4.78 is 13.8. The van der Waals surface area contributed by atoms with Crippen LogP contribution in [0, 0.1) is 5.82 Å². The number of pyridine rings is 1. The molecule has 1 aromatic heterocycles. The summed E-state index contributed by atoms with van der Waals surface area (Å²) in [5.41, 5.74) is 2.86. The number of nitrogens with one attached hydrogen (secondary N) is 1. The van der Waals surface area contributed by atoms with Gasteiger partial charge in [0.1, 0.15) is 11.6 Å². The Morgan fingerprint density at radius 3 is 2.72 bits per heavy atom. The number of benzene rings is 2. The first-order valence-electron chi connectivity index (χ1n) is 8.10. The van der Waals surface area contributed by atoms with Crippen molar-refractivity contribution in [1.29, 1.82) is 0 Å². The van der Waals surface area contributed by atoms with Crippen molar-refractivity contribution in [3.05, 3.63) is 83.8 Å². The standard InChI is InChI=1S/C20H16FN3O/c21-16-8-2-3-9-17(16)23-20(25)15-7-5-12-22-19(15)24-13-11-14-6-1-4-10-18(14)24/h1-10,12H,11,13H2,(H,23,25). The van der Waals surface area contributed by atoms with Crippen LogP contribution in [0.2, 0.25) is 0 Å². The summed E-state index contributed by atoms with van der Waals surface area (Å²) >= 11 is 0. The number of hydrogen-bond donors (Lipinski definition) is 1. The largest absolute Gasteiger partial charge is 0.325 e. The van der Waals surface area contributed by atoms with Gasteiger partial charge in [0.05, 0.1) is 11.3 Å². The Morgan fingerprint density at radius 1 is 1.04 bits per heavy atom. The molecule has 124 valence electrons. The van der Waals surface area contributed by atoms with E-state index in [9.17, 15) is 9.18 Å². The minimum Gasteiger partial charge on any atom is -0.325 e. The minimum atomic E-state index is -0.465. The monoisotopic (exact) mass is 333 g/mol. The van der Waals surface area contributed by atoms with Crippen LogP contribution >= 0.6 is 0 Å². The normalized spacial score (nSPS) is 12.8. The van der Waals surface area contributed by atoms with Gasteiger partial charge in [-0.25, -0.2) is 9.37 Å². The predicted molar refractivity (Wildman–Crippen MR) is 95.7 cm³/mol. The maximum Gasteiger partial charge on any atom is 0.259 e. The third-order valence-electron chi connectivity index (χ3n) is 4.30. The van der Waals surface area contributed by atoms with Crippen LogP contribution < -0.4 is 10.2 Å². The molecule has 0 unspecified atom stereocenters. The van der Waals surface area contributed by atoms with Gasteiger partial charge in [0.25, 0.3) is 5.91 Å². The summed E-state index contributed by atoms with van der Waals surface area (Å²) in [6.45, 7) is 0.760. The van der Waals surface area contributed by atoms with Crippen LogP contribution in [0.15, 0.2) is 66.9 Å². The molecular formula is C20H16FN3O. The van der Waals surface area contributed by atoms with Crippen molar-refractivity contribution >= 4 is 23.1 Å². The van der Waals surface area contributed by atoms with E-state index in [1.165, 1.54) is 17.7 Å². The number of anilines is 3. The number of aromatic nitrogens is 1. The molecule has 0 bridgehead atoms. The number of hydrogen-bond acceptors (Lipinski definition) is 3. The van der Waals surface area contributed by atoms with Crippen molar-refractivity contribution in [2.24, 2.45) is 0 Å². The molecule has 4 rings (SSSR count). The molecule has 0 aliphatic carbocycles. The molecule has 1 aliphatic rings. The lowest BCUT2D eigenvalue weighted by Gasteiger charge is -2.21. The number of amides is 1. The lowest BCUT2D eigenvalue weighted by Crippen LogP contribution is -2.21. The number of para-hydroxylation sites is 2. The van der Waals surface area contributed by atoms with Crippen molar-refractivity contribution in [1.82, 2.24) is 4.98 Å². The fraction of sp³-hybridized carbons (Fsp3) is 0.100. The molecule has 0 saturated carbocycles. The Hall–Kier alpha value is -3.21. The number of rotatable bonds is 3. The molecule has 2 aromatic carbocycles. The SMILES string of the molecule is O=C(Nc1ccccc1F)c1cccnc1N1CCc2ccccc21. The first-order chi connectivity index (χ1) is 12.2. The van der Waals surface area contributed by atoms with Crippen LogP contribution in [0.25, 0.3) is 0 Å². The van der Waals surface area contributed by atoms with Crippen molar-refractivity contribution in [3.63, 3.8) is 0 Å². The highest BCUT2D eigenvalue weighted by atomic mass is 19.1. The van der Waals surface area contributed by atoms with Crippen LogP contribution in [0.3, 0.4) is 0 Å². The summed E-state index contributed by atoms with van der Waals surface area (Å²) in [6, 6.07) is 17.6. The Balaban J connectivity index is 1.68. The van der Waals surface area contributed by atoms with E-state index < -0.39 is 5.82 Å². The molecule has 1 aliphatic heterocycles. The average Bonchev–Trinajstić information content (AvgIpc) is 3.07. The molecule has 25 heavy (non-hydrogen) atoms. The average molecular weight is 333 g/mol. The lowest BCUT2D eigenvalue weighted by molar-refractivity contribution is 0.102. The molecule has 2 heterocycles. The van der Waals surface area contributed by atoms with E-state index in [0.29, 0.717) is 11.4 Å². The second-order valence-corrected chi connectivity index (χ2v) is 5.84. The van der Waals surface area contributed by atoms with E-state index in [1.54, 1.807) is 30.5 Å². The van der Waals surface area contributed by atoms with Gasteiger partial charge in [-0.05, 0) is 42.3 Å². The minimum absolute atomic E-state index is 0.157. The second kappa shape index (κ2) is 6.36. The highest BCUT2D eigenvalue weighted by molar-refractivity contribution is 6.08. The predicted octanol–water partition coefficient (Wildman–Crippen LogP) is 4.17. The van der Waals surface area contributed by atoms with Gasteiger partial charge in [-0.1, -0.05) is 30.3 Å². The van der Waals surface area contributed by atoms with Crippen LogP contribution in [-0.2, 0) is 6.42 Å². The topological polar surface area (TPSA) is 45.2 Å². The zero-order valence-electron chi connectivity index (χ0n) is 13.4. The molecule has 0 saturated heterocycles. The number of halogens is 1. The summed E-state index contributed by atoms with van der Waals surface area (Å²) in [5, 5.41) is 2.63. The third kappa shape index (κ3) is 2.85. The molecule has 0 spiro atoms. The molecule has 0 radical (unpaired) electrons. The van der Waals surface area contributed by atoms with Gasteiger partial charge in [0.15, 0.2) is 0 Å². The van der Waals surface area contributed by atoms with E-state index in [2.05, 4.69) is 16.4 Å². The smallest absolute Gasteiger partial charge is 0.259 e. The van der Waals surface area contributed by atoms with Crippen molar-refractivity contribution < 1.29 is 9.18 Å². The van der Waals surface area contributed by atoms with Gasteiger partial charge in [-0.3, -0.25) is 4.79 Å². The van der Waals surface area contributed by atoms with Gasteiger partial charge in [-0.2, -0.15) is 0 Å². The van der Waals surface area contributed by atoms with Gasteiger partial charge in [-0.15, -0.1) is 0 Å². The Kier molecular flexibility index (Phi) is 3.90. The van der Waals surface area contributed by atoms with Gasteiger partial charge in [0.2, 0.25) is 0 Å². The van der Waals surface area contributed by atoms with Gasteiger partial charge >= 0.3 is 0 Å². The van der Waals surface area contributed by atoms with Crippen molar-refractivity contribution in [3.8, 4) is 0 Å². The highest BCUT2D eigenvalue weighted by Gasteiger charge is 2.25. The molecule has 3 aromatic rings. The van der Waals surface area contributed by atoms with Gasteiger partial charge < -0.3 is 10.2 Å². The zero-order chi connectivity index (χ0) is 17.2. The van der Waals surface area contributed by atoms with E-state index in [1.807, 2.05) is 23.1 Å². The van der Waals surface area contributed by atoms with Gasteiger partial charge in [0, 0.05) is 18.4 Å². The summed E-state index contributed by atoms with van der Waals surface area (Å²) in [4.78, 5) is 19.2. The molecule has 1 amide bonds. The quantitative estimate of drug-likeness (QED) is 0.782. The fourth-order valence-electron chi connectivity index (χ4n) is 3.10. The summed E-state index contributed by atoms with van der Waals surface area (Å²) in [5.74, 6) is -0.258.